The lowest BCUT2D eigenvalue weighted by molar-refractivity contribution is -0.148. The van der Waals surface area contributed by atoms with Gasteiger partial charge in [-0.2, -0.15) is 10.2 Å². The molecule has 0 radical (unpaired) electrons. The van der Waals surface area contributed by atoms with E-state index in [2.05, 4.69) is 26.5 Å². The zero-order chi connectivity index (χ0) is 20.5. The largest absolute Gasteiger partial charge is 0.455 e. The summed E-state index contributed by atoms with van der Waals surface area (Å²) in [6, 6.07) is 2.14. The number of nitrogens with zero attached hydrogens (tertiary/aromatic N) is 5. The van der Waals surface area contributed by atoms with Crippen LogP contribution >= 0.6 is 11.8 Å². The first-order valence-corrected chi connectivity index (χ1v) is 10.1. The van der Waals surface area contributed by atoms with Gasteiger partial charge in [0.2, 0.25) is 5.16 Å². The molecule has 1 amide bonds. The van der Waals surface area contributed by atoms with Crippen molar-refractivity contribution in [2.75, 3.05) is 12.9 Å². The van der Waals surface area contributed by atoms with Gasteiger partial charge in [0.1, 0.15) is 5.54 Å². The zero-order valence-electron chi connectivity index (χ0n) is 16.3. The first-order valence-electron chi connectivity index (χ1n) is 8.92. The van der Waals surface area contributed by atoms with Gasteiger partial charge in [0.25, 0.3) is 11.7 Å². The second kappa shape index (κ2) is 7.75. The van der Waals surface area contributed by atoms with Crippen molar-refractivity contribution < 1.29 is 14.3 Å². The van der Waals surface area contributed by atoms with E-state index in [1.807, 2.05) is 13.2 Å². The van der Waals surface area contributed by atoms with E-state index in [1.165, 1.54) is 11.8 Å². The molecule has 2 heterocycles. The van der Waals surface area contributed by atoms with Gasteiger partial charge >= 0.3 is 5.97 Å². The van der Waals surface area contributed by atoms with E-state index >= 15 is 0 Å². The van der Waals surface area contributed by atoms with E-state index in [-0.39, 0.29) is 12.3 Å². The number of amides is 1. The minimum absolute atomic E-state index is 0.0273. The number of carbonyl (C=O) groups is 2. The van der Waals surface area contributed by atoms with Crippen molar-refractivity contribution in [1.82, 2.24) is 24.9 Å². The van der Waals surface area contributed by atoms with E-state index in [9.17, 15) is 14.9 Å². The fourth-order valence-corrected chi connectivity index (χ4v) is 3.42. The van der Waals surface area contributed by atoms with Gasteiger partial charge in [0, 0.05) is 17.0 Å². The average Bonchev–Trinajstić information content (AvgIpc) is 3.44. The third kappa shape index (κ3) is 4.09. The Hall–Kier alpha value is -2.67. The number of hydrogen-bond acceptors (Lipinski definition) is 8. The van der Waals surface area contributed by atoms with Crippen LogP contribution < -0.4 is 5.32 Å². The van der Waals surface area contributed by atoms with Gasteiger partial charge in [0.15, 0.2) is 6.61 Å². The molecule has 9 nitrogen and oxygen atoms in total. The van der Waals surface area contributed by atoms with Crippen molar-refractivity contribution in [2.24, 2.45) is 5.92 Å². The van der Waals surface area contributed by atoms with Crippen LogP contribution in [0.2, 0.25) is 0 Å². The molecule has 1 aliphatic rings. The number of thioether (sulfide) groups is 1. The van der Waals surface area contributed by atoms with Crippen molar-refractivity contribution in [3.63, 3.8) is 0 Å². The van der Waals surface area contributed by atoms with Crippen LogP contribution in [0.25, 0.3) is 5.78 Å². The lowest BCUT2D eigenvalue weighted by Crippen LogP contribution is -2.48. The summed E-state index contributed by atoms with van der Waals surface area (Å²) in [6.45, 7) is 4.91. The predicted molar refractivity (Wildman–Crippen MR) is 102 cm³/mol. The van der Waals surface area contributed by atoms with E-state index in [4.69, 9.17) is 4.74 Å². The van der Waals surface area contributed by atoms with Crippen LogP contribution in [0.3, 0.4) is 0 Å². The molecular weight excluding hydrogens is 380 g/mol. The minimum atomic E-state index is -0.909. The Balaban J connectivity index is 1.63. The molecule has 2 aromatic rings. The summed E-state index contributed by atoms with van der Waals surface area (Å²) in [5.41, 5.74) is 1.20. The number of hydrogen-bond donors (Lipinski definition) is 1. The fourth-order valence-electron chi connectivity index (χ4n) is 3.08. The van der Waals surface area contributed by atoms with Crippen molar-refractivity contribution in [3.05, 3.63) is 17.0 Å². The molecule has 1 atom stereocenters. The van der Waals surface area contributed by atoms with Gasteiger partial charge in [-0.1, -0.05) is 11.8 Å². The topological polar surface area (TPSA) is 122 Å². The highest BCUT2D eigenvalue weighted by Crippen LogP contribution is 2.39. The van der Waals surface area contributed by atoms with Crippen LogP contribution in [-0.4, -0.2) is 49.9 Å². The van der Waals surface area contributed by atoms with Crippen LogP contribution in [0.4, 0.5) is 0 Å². The maximum absolute atomic E-state index is 12.3. The number of esters is 1. The normalized spacial score (nSPS) is 15.7. The number of aryl methyl sites for hydroxylation is 2. The molecule has 10 heteroatoms. The Morgan fingerprint density at radius 2 is 2.11 bits per heavy atom. The monoisotopic (exact) mass is 402 g/mol. The molecule has 1 N–H and O–H groups in total. The molecule has 1 aliphatic carbocycles. The number of nitrogens with one attached hydrogen (secondary N) is 1. The Morgan fingerprint density at radius 3 is 2.71 bits per heavy atom. The maximum Gasteiger partial charge on any atom is 0.310 e. The Kier molecular flexibility index (Phi) is 5.56. The number of aromatic nitrogens is 4. The third-order valence-electron chi connectivity index (χ3n) is 4.92. The summed E-state index contributed by atoms with van der Waals surface area (Å²) in [6.07, 6.45) is 3.68. The molecular formula is C18H22N6O3S. The lowest BCUT2D eigenvalue weighted by Gasteiger charge is -2.22. The van der Waals surface area contributed by atoms with Gasteiger partial charge in [0.05, 0.1) is 12.5 Å². The molecule has 3 rings (SSSR count). The number of ether oxygens (including phenoxy) is 1. The molecule has 1 saturated carbocycles. The molecule has 2 aromatic heterocycles. The summed E-state index contributed by atoms with van der Waals surface area (Å²) in [5, 5.41) is 16.9. The van der Waals surface area contributed by atoms with E-state index in [1.54, 1.807) is 18.4 Å². The first-order chi connectivity index (χ1) is 13.3. The van der Waals surface area contributed by atoms with Gasteiger partial charge in [-0.15, -0.1) is 5.10 Å². The van der Waals surface area contributed by atoms with Crippen molar-refractivity contribution in [2.45, 2.75) is 50.7 Å². The van der Waals surface area contributed by atoms with Gasteiger partial charge in [-0.3, -0.25) is 9.59 Å². The zero-order valence-corrected chi connectivity index (χ0v) is 17.1. The SMILES string of the molecule is CSc1nc2nc(C)c(CC(=O)OCC(=O)N[C@@](C)(C#N)C3CC3)c(C)n2n1. The van der Waals surface area contributed by atoms with Gasteiger partial charge in [-0.05, 0) is 45.8 Å². The van der Waals surface area contributed by atoms with Crippen LogP contribution in [0.5, 0.6) is 0 Å². The molecule has 0 saturated heterocycles. The maximum atomic E-state index is 12.3. The summed E-state index contributed by atoms with van der Waals surface area (Å²) < 4.78 is 6.71. The van der Waals surface area contributed by atoms with Crippen molar-refractivity contribution in [3.8, 4) is 6.07 Å². The van der Waals surface area contributed by atoms with Crippen LogP contribution in [-0.2, 0) is 20.7 Å². The highest BCUT2D eigenvalue weighted by molar-refractivity contribution is 7.98. The number of nitriles is 1. The standard InChI is InChI=1S/C18H22N6O3S/c1-10-13(11(2)24-16(20-10)21-17(23-24)28-4)7-15(26)27-8-14(25)22-18(3,9-19)12-5-6-12/h12H,5-8H2,1-4H3,(H,22,25)/t18-/m0/s1. The molecule has 0 aliphatic heterocycles. The number of rotatable bonds is 7. The smallest absolute Gasteiger partial charge is 0.310 e. The van der Waals surface area contributed by atoms with Crippen LogP contribution in [0.15, 0.2) is 5.16 Å². The Bertz CT molecular complexity index is 978. The predicted octanol–water partition coefficient (Wildman–Crippen LogP) is 1.36. The number of fused-ring (bicyclic) bond motifs is 1. The van der Waals surface area contributed by atoms with Crippen LogP contribution in [0.1, 0.15) is 36.7 Å². The van der Waals surface area contributed by atoms with Crippen molar-refractivity contribution in [1.29, 1.82) is 5.26 Å². The summed E-state index contributed by atoms with van der Waals surface area (Å²) >= 11 is 1.41. The van der Waals surface area contributed by atoms with E-state index in [0.717, 1.165) is 18.5 Å². The van der Waals surface area contributed by atoms with Gasteiger partial charge < -0.3 is 10.1 Å². The lowest BCUT2D eigenvalue weighted by atomic mass is 9.98. The Labute approximate surface area is 166 Å². The molecule has 0 unspecified atom stereocenters. The Morgan fingerprint density at radius 1 is 1.39 bits per heavy atom. The average molecular weight is 402 g/mol. The molecule has 1 fully saturated rings. The highest BCUT2D eigenvalue weighted by atomic mass is 32.2. The third-order valence-corrected chi connectivity index (χ3v) is 5.46. The molecule has 0 spiro atoms. The van der Waals surface area contributed by atoms with Crippen molar-refractivity contribution >= 4 is 29.4 Å². The molecule has 0 aromatic carbocycles. The summed E-state index contributed by atoms with van der Waals surface area (Å²) in [4.78, 5) is 33.0. The second-order valence-electron chi connectivity index (χ2n) is 7.05. The van der Waals surface area contributed by atoms with Gasteiger partial charge in [-0.25, -0.2) is 9.50 Å². The first kappa shape index (κ1) is 20.1. The second-order valence-corrected chi connectivity index (χ2v) is 7.82. The minimum Gasteiger partial charge on any atom is -0.455 e. The van der Waals surface area contributed by atoms with Crippen LogP contribution in [0, 0.1) is 31.1 Å². The highest BCUT2D eigenvalue weighted by Gasteiger charge is 2.43. The molecule has 148 valence electrons. The fraction of sp³-hybridized carbons (Fsp3) is 0.556. The molecule has 0 bridgehead atoms. The van der Waals surface area contributed by atoms with E-state index < -0.39 is 24.0 Å². The molecule has 28 heavy (non-hydrogen) atoms. The summed E-state index contributed by atoms with van der Waals surface area (Å²) in [7, 11) is 0. The summed E-state index contributed by atoms with van der Waals surface area (Å²) in [5.74, 6) is -0.384. The number of carbonyl (C=O) groups excluding carboxylic acids is 2. The quantitative estimate of drug-likeness (QED) is 0.544. The van der Waals surface area contributed by atoms with E-state index in [0.29, 0.717) is 22.2 Å².